The molecule has 1 aliphatic rings. The van der Waals surface area contributed by atoms with E-state index in [1.807, 2.05) is 0 Å². The van der Waals surface area contributed by atoms with E-state index >= 15 is 0 Å². The molecular weight excluding hydrogens is 277 g/mol. The van der Waals surface area contributed by atoms with Gasteiger partial charge in [0, 0.05) is 23.2 Å². The van der Waals surface area contributed by atoms with Crippen molar-refractivity contribution in [3.05, 3.63) is 44.9 Å². The molecule has 1 aromatic rings. The number of hydrogen-bond acceptors (Lipinski definition) is 1. The Morgan fingerprint density at radius 2 is 1.88 bits per heavy atom. The second kappa shape index (κ2) is 6.10. The summed E-state index contributed by atoms with van der Waals surface area (Å²) in [6.07, 6.45) is 7.79. The van der Waals surface area contributed by atoms with Gasteiger partial charge in [-0.1, -0.05) is 47.0 Å². The minimum atomic E-state index is 0.506. The summed E-state index contributed by atoms with van der Waals surface area (Å²) in [6.45, 7) is 0.663. The largest absolute Gasteiger partial charge is 0.309 e. The van der Waals surface area contributed by atoms with Crippen LogP contribution in [0.3, 0.4) is 0 Å². The van der Waals surface area contributed by atoms with E-state index in [4.69, 9.17) is 34.8 Å². The third-order valence-electron chi connectivity index (χ3n) is 2.98. The van der Waals surface area contributed by atoms with Gasteiger partial charge in [0.15, 0.2) is 0 Å². The van der Waals surface area contributed by atoms with Gasteiger partial charge in [0.2, 0.25) is 0 Å². The molecule has 1 atom stereocenters. The molecule has 1 aromatic carbocycles. The molecule has 0 bridgehead atoms. The summed E-state index contributed by atoms with van der Waals surface area (Å²) >= 11 is 18.2. The summed E-state index contributed by atoms with van der Waals surface area (Å²) in [4.78, 5) is 0. The van der Waals surface area contributed by atoms with E-state index in [-0.39, 0.29) is 0 Å². The lowest BCUT2D eigenvalue weighted by Crippen LogP contribution is -2.29. The van der Waals surface area contributed by atoms with Crippen LogP contribution in [-0.4, -0.2) is 6.04 Å². The Bertz CT molecular complexity index is 429. The standard InChI is InChI=1S/C13H14Cl3N/c14-11-6-7-12(15)13(16)10(11)8-17-9-4-2-1-3-5-9/h1-2,6-7,9,17H,3-5,8H2. The fourth-order valence-corrected chi connectivity index (χ4v) is 2.64. The molecule has 92 valence electrons. The third kappa shape index (κ3) is 3.38. The number of allylic oxidation sites excluding steroid dienone is 1. The van der Waals surface area contributed by atoms with E-state index in [9.17, 15) is 0 Å². The molecule has 0 heterocycles. The zero-order valence-corrected chi connectivity index (χ0v) is 11.6. The molecule has 1 aliphatic carbocycles. The van der Waals surface area contributed by atoms with E-state index in [0.717, 1.165) is 24.8 Å². The molecule has 0 radical (unpaired) electrons. The van der Waals surface area contributed by atoms with Gasteiger partial charge in [-0.25, -0.2) is 0 Å². The predicted molar refractivity (Wildman–Crippen MR) is 75.1 cm³/mol. The van der Waals surface area contributed by atoms with Crippen molar-refractivity contribution in [2.75, 3.05) is 0 Å². The maximum absolute atomic E-state index is 6.15. The van der Waals surface area contributed by atoms with Crippen LogP contribution in [0.5, 0.6) is 0 Å². The number of halogens is 3. The molecule has 0 spiro atoms. The molecule has 0 saturated heterocycles. The van der Waals surface area contributed by atoms with E-state index in [1.165, 1.54) is 0 Å². The van der Waals surface area contributed by atoms with Crippen LogP contribution in [0.4, 0.5) is 0 Å². The van der Waals surface area contributed by atoms with Gasteiger partial charge < -0.3 is 5.32 Å². The first kappa shape index (κ1) is 13.2. The maximum atomic E-state index is 6.15. The highest BCUT2D eigenvalue weighted by Crippen LogP contribution is 2.31. The molecular formula is C13H14Cl3N. The second-order valence-electron chi connectivity index (χ2n) is 4.18. The first-order chi connectivity index (χ1) is 8.18. The van der Waals surface area contributed by atoms with Crippen LogP contribution in [-0.2, 0) is 6.54 Å². The van der Waals surface area contributed by atoms with Gasteiger partial charge in [0.25, 0.3) is 0 Å². The fourth-order valence-electron chi connectivity index (χ4n) is 1.96. The zero-order valence-electron chi connectivity index (χ0n) is 9.35. The first-order valence-electron chi connectivity index (χ1n) is 5.69. The zero-order chi connectivity index (χ0) is 12.3. The van der Waals surface area contributed by atoms with Crippen LogP contribution in [0.1, 0.15) is 24.8 Å². The molecule has 1 N–H and O–H groups in total. The van der Waals surface area contributed by atoms with E-state index in [0.29, 0.717) is 27.7 Å². The SMILES string of the molecule is Clc1ccc(Cl)c(CNC2CC=CCC2)c1Cl. The van der Waals surface area contributed by atoms with Crippen LogP contribution >= 0.6 is 34.8 Å². The van der Waals surface area contributed by atoms with Crippen LogP contribution in [0, 0.1) is 0 Å². The molecule has 0 aliphatic heterocycles. The van der Waals surface area contributed by atoms with Crippen molar-refractivity contribution < 1.29 is 0 Å². The molecule has 1 nitrogen and oxygen atoms in total. The van der Waals surface area contributed by atoms with Crippen LogP contribution in [0.15, 0.2) is 24.3 Å². The smallest absolute Gasteiger partial charge is 0.0652 e. The Labute approximate surface area is 117 Å². The number of hydrogen-bond donors (Lipinski definition) is 1. The van der Waals surface area contributed by atoms with E-state index < -0.39 is 0 Å². The molecule has 0 amide bonds. The monoisotopic (exact) mass is 289 g/mol. The normalized spacial score (nSPS) is 19.6. The van der Waals surface area contributed by atoms with Crippen molar-refractivity contribution in [2.24, 2.45) is 0 Å². The summed E-state index contributed by atoms with van der Waals surface area (Å²) in [5, 5.41) is 5.24. The highest BCUT2D eigenvalue weighted by atomic mass is 35.5. The van der Waals surface area contributed by atoms with Crippen molar-refractivity contribution in [3.8, 4) is 0 Å². The fraction of sp³-hybridized carbons (Fsp3) is 0.385. The second-order valence-corrected chi connectivity index (χ2v) is 5.38. The molecule has 0 saturated carbocycles. The summed E-state index contributed by atoms with van der Waals surface area (Å²) in [5.74, 6) is 0. The van der Waals surface area contributed by atoms with Crippen molar-refractivity contribution in [2.45, 2.75) is 31.8 Å². The Morgan fingerprint density at radius 1 is 1.12 bits per heavy atom. The van der Waals surface area contributed by atoms with Gasteiger partial charge >= 0.3 is 0 Å². The average molecular weight is 291 g/mol. The highest BCUT2D eigenvalue weighted by molar-refractivity contribution is 6.44. The molecule has 0 fully saturated rings. The average Bonchev–Trinajstić information content (AvgIpc) is 2.35. The molecule has 0 aromatic heterocycles. The lowest BCUT2D eigenvalue weighted by atomic mass is 10.0. The van der Waals surface area contributed by atoms with E-state index in [1.54, 1.807) is 12.1 Å². The highest BCUT2D eigenvalue weighted by Gasteiger charge is 2.13. The van der Waals surface area contributed by atoms with Gasteiger partial charge in [-0.05, 0) is 31.4 Å². The van der Waals surface area contributed by atoms with E-state index in [2.05, 4.69) is 17.5 Å². The number of nitrogens with one attached hydrogen (secondary N) is 1. The minimum Gasteiger partial charge on any atom is -0.309 e. The van der Waals surface area contributed by atoms with Gasteiger partial charge in [0.05, 0.1) is 10.0 Å². The topological polar surface area (TPSA) is 12.0 Å². The predicted octanol–water partition coefficient (Wildman–Crippen LogP) is 4.85. The minimum absolute atomic E-state index is 0.506. The van der Waals surface area contributed by atoms with Gasteiger partial charge in [0.1, 0.15) is 0 Å². The molecule has 2 rings (SSSR count). The summed E-state index contributed by atoms with van der Waals surface area (Å²) in [5.41, 5.74) is 0.885. The van der Waals surface area contributed by atoms with Gasteiger partial charge in [-0.3, -0.25) is 0 Å². The Morgan fingerprint density at radius 3 is 2.59 bits per heavy atom. The molecule has 1 unspecified atom stereocenters. The van der Waals surface area contributed by atoms with Crippen molar-refractivity contribution in [1.82, 2.24) is 5.32 Å². The van der Waals surface area contributed by atoms with Gasteiger partial charge in [-0.15, -0.1) is 0 Å². The lowest BCUT2D eigenvalue weighted by molar-refractivity contribution is 0.474. The van der Waals surface area contributed by atoms with Crippen LogP contribution in [0.2, 0.25) is 15.1 Å². The van der Waals surface area contributed by atoms with Crippen molar-refractivity contribution >= 4 is 34.8 Å². The Balaban J connectivity index is 2.03. The molecule has 17 heavy (non-hydrogen) atoms. The number of rotatable bonds is 3. The Hall–Kier alpha value is -0.210. The van der Waals surface area contributed by atoms with Crippen molar-refractivity contribution in [3.63, 3.8) is 0 Å². The lowest BCUT2D eigenvalue weighted by Gasteiger charge is -2.20. The first-order valence-corrected chi connectivity index (χ1v) is 6.82. The summed E-state index contributed by atoms with van der Waals surface area (Å²) < 4.78 is 0. The van der Waals surface area contributed by atoms with Crippen LogP contribution in [0.25, 0.3) is 0 Å². The summed E-state index contributed by atoms with van der Waals surface area (Å²) in [7, 11) is 0. The molecule has 4 heteroatoms. The number of benzene rings is 1. The van der Waals surface area contributed by atoms with Gasteiger partial charge in [-0.2, -0.15) is 0 Å². The Kier molecular flexibility index (Phi) is 4.75. The van der Waals surface area contributed by atoms with Crippen molar-refractivity contribution in [1.29, 1.82) is 0 Å². The maximum Gasteiger partial charge on any atom is 0.0652 e. The van der Waals surface area contributed by atoms with Crippen LogP contribution < -0.4 is 5.32 Å². The summed E-state index contributed by atoms with van der Waals surface area (Å²) in [6, 6.07) is 4.01. The third-order valence-corrected chi connectivity index (χ3v) is 4.17. The quantitative estimate of drug-likeness (QED) is 0.620.